The van der Waals surface area contributed by atoms with Crippen LogP contribution in [0.3, 0.4) is 0 Å². The molecule has 0 aromatic heterocycles. The zero-order chi connectivity index (χ0) is 20.5. The van der Waals surface area contributed by atoms with Gasteiger partial charge in [-0.25, -0.2) is 0 Å². The Kier molecular flexibility index (Phi) is 4.57. The number of carbonyl (C=O) groups excluding carboxylic acids is 2. The molecule has 28 heavy (non-hydrogen) atoms. The topological polar surface area (TPSA) is 34.1 Å². The molecule has 4 rings (SSSR count). The second-order valence-corrected chi connectivity index (χ2v) is 12.2. The Morgan fingerprint density at radius 1 is 0.929 bits per heavy atom. The minimum atomic E-state index is -0.232. The highest BCUT2D eigenvalue weighted by Crippen LogP contribution is 2.73. The van der Waals surface area contributed by atoms with E-state index in [1.165, 1.54) is 38.5 Å². The highest BCUT2D eigenvalue weighted by molar-refractivity contribution is 5.82. The fraction of sp³-hybridized carbons (Fsp3) is 0.846. The lowest BCUT2D eigenvalue weighted by Gasteiger charge is -2.71. The van der Waals surface area contributed by atoms with Crippen LogP contribution in [0.5, 0.6) is 0 Å². The Labute approximate surface area is 171 Å². The minimum absolute atomic E-state index is 0.0919. The zero-order valence-corrected chi connectivity index (χ0v) is 18.9. The second-order valence-electron chi connectivity index (χ2n) is 12.2. The van der Waals surface area contributed by atoms with E-state index in [1.54, 1.807) is 0 Å². The van der Waals surface area contributed by atoms with Crippen LogP contribution in [0.25, 0.3) is 0 Å². The Balaban J connectivity index is 1.81. The highest BCUT2D eigenvalue weighted by Gasteiger charge is 2.67. The van der Waals surface area contributed by atoms with Gasteiger partial charge in [0.1, 0.15) is 12.6 Å². The molecule has 0 aromatic carbocycles. The Morgan fingerprint density at radius 2 is 1.61 bits per heavy atom. The quantitative estimate of drug-likeness (QED) is 0.528. The monoisotopic (exact) mass is 384 g/mol. The molecule has 2 heteroatoms. The van der Waals surface area contributed by atoms with Gasteiger partial charge >= 0.3 is 0 Å². The Morgan fingerprint density at radius 3 is 2.25 bits per heavy atom. The standard InChI is InChI=1S/C26H40O2/c1-17-14-22-24(4)12-7-11-23(2,3)20(24)10-13-25(22,5)21-9-8-18(15-27)19(16-28)26(17,21)6/h8,15-17,19-22H,7,9-14H2,1-6H3/t17-,19-,20-,21-,22+,24-,25-,26+/m0/s1. The molecule has 0 aliphatic heterocycles. The lowest BCUT2D eigenvalue weighted by molar-refractivity contribution is -0.214. The third kappa shape index (κ3) is 2.39. The maximum absolute atomic E-state index is 12.2. The molecule has 0 radical (unpaired) electrons. The van der Waals surface area contributed by atoms with Crippen molar-refractivity contribution in [2.24, 2.45) is 51.2 Å². The van der Waals surface area contributed by atoms with E-state index in [-0.39, 0.29) is 16.7 Å². The van der Waals surface area contributed by atoms with Crippen molar-refractivity contribution in [3.05, 3.63) is 11.6 Å². The number of aldehydes is 2. The summed E-state index contributed by atoms with van der Waals surface area (Å²) in [4.78, 5) is 23.9. The summed E-state index contributed by atoms with van der Waals surface area (Å²) in [6.07, 6.45) is 13.0. The Hall–Kier alpha value is -0.920. The number of carbonyl (C=O) groups is 2. The Bertz CT molecular complexity index is 705. The summed E-state index contributed by atoms with van der Waals surface area (Å²) in [5.41, 5.74) is 1.77. The van der Waals surface area contributed by atoms with Crippen LogP contribution < -0.4 is 0 Å². The summed E-state index contributed by atoms with van der Waals surface area (Å²) in [5.74, 6) is 2.27. The molecule has 3 fully saturated rings. The summed E-state index contributed by atoms with van der Waals surface area (Å²) in [6, 6.07) is 0. The van der Waals surface area contributed by atoms with Crippen LogP contribution in [-0.4, -0.2) is 12.6 Å². The van der Waals surface area contributed by atoms with Crippen molar-refractivity contribution in [2.75, 3.05) is 0 Å². The predicted octanol–water partition coefficient (Wildman–Crippen LogP) is 6.24. The fourth-order valence-corrected chi connectivity index (χ4v) is 9.44. The molecule has 0 heterocycles. The molecule has 0 N–H and O–H groups in total. The van der Waals surface area contributed by atoms with Gasteiger partial charge in [-0.05, 0) is 89.4 Å². The van der Waals surface area contributed by atoms with Crippen molar-refractivity contribution in [3.63, 3.8) is 0 Å². The maximum atomic E-state index is 12.2. The summed E-state index contributed by atoms with van der Waals surface area (Å²) in [6.45, 7) is 14.9. The number of fused-ring (bicyclic) bond motifs is 5. The average Bonchev–Trinajstić information content (AvgIpc) is 2.62. The van der Waals surface area contributed by atoms with Gasteiger partial charge in [0.2, 0.25) is 0 Å². The molecule has 8 atom stereocenters. The molecule has 0 unspecified atom stereocenters. The van der Waals surface area contributed by atoms with Gasteiger partial charge < -0.3 is 4.79 Å². The molecule has 2 nitrogen and oxygen atoms in total. The van der Waals surface area contributed by atoms with Gasteiger partial charge in [0.05, 0.1) is 0 Å². The molecular weight excluding hydrogens is 344 g/mol. The van der Waals surface area contributed by atoms with E-state index >= 15 is 0 Å². The molecule has 0 saturated heterocycles. The van der Waals surface area contributed by atoms with Crippen LogP contribution >= 0.6 is 0 Å². The van der Waals surface area contributed by atoms with Crippen LogP contribution in [0, 0.1) is 51.2 Å². The first kappa shape index (κ1) is 20.4. The predicted molar refractivity (Wildman–Crippen MR) is 114 cm³/mol. The third-order valence-electron chi connectivity index (χ3n) is 10.9. The summed E-state index contributed by atoms with van der Waals surface area (Å²) < 4.78 is 0. The summed E-state index contributed by atoms with van der Waals surface area (Å²) in [5, 5.41) is 0. The van der Waals surface area contributed by atoms with E-state index in [0.29, 0.717) is 22.7 Å². The third-order valence-corrected chi connectivity index (χ3v) is 10.9. The van der Waals surface area contributed by atoms with Gasteiger partial charge in [-0.15, -0.1) is 0 Å². The number of hydrogen-bond acceptors (Lipinski definition) is 2. The van der Waals surface area contributed by atoms with Crippen LogP contribution in [0.1, 0.15) is 86.5 Å². The smallest absolute Gasteiger partial charge is 0.146 e. The van der Waals surface area contributed by atoms with E-state index in [1.807, 2.05) is 0 Å². The van der Waals surface area contributed by atoms with Crippen molar-refractivity contribution in [2.45, 2.75) is 86.5 Å². The fourth-order valence-electron chi connectivity index (χ4n) is 9.44. The van der Waals surface area contributed by atoms with Gasteiger partial charge in [-0.3, -0.25) is 4.79 Å². The van der Waals surface area contributed by atoms with Crippen molar-refractivity contribution in [1.82, 2.24) is 0 Å². The van der Waals surface area contributed by atoms with Gasteiger partial charge in [-0.2, -0.15) is 0 Å². The van der Waals surface area contributed by atoms with Crippen molar-refractivity contribution < 1.29 is 9.59 Å². The van der Waals surface area contributed by atoms with E-state index in [4.69, 9.17) is 0 Å². The average molecular weight is 385 g/mol. The minimum Gasteiger partial charge on any atom is -0.303 e. The van der Waals surface area contributed by atoms with Gasteiger partial charge in [0, 0.05) is 5.92 Å². The van der Waals surface area contributed by atoms with E-state index in [2.05, 4.69) is 47.6 Å². The van der Waals surface area contributed by atoms with Gasteiger partial charge in [-0.1, -0.05) is 54.0 Å². The molecule has 0 aromatic rings. The van der Waals surface area contributed by atoms with Crippen molar-refractivity contribution in [1.29, 1.82) is 0 Å². The van der Waals surface area contributed by atoms with Crippen LogP contribution in [0.4, 0.5) is 0 Å². The van der Waals surface area contributed by atoms with Crippen molar-refractivity contribution >= 4 is 12.6 Å². The first-order chi connectivity index (χ1) is 13.1. The zero-order valence-electron chi connectivity index (χ0n) is 18.9. The molecule has 0 spiro atoms. The second kappa shape index (κ2) is 6.29. The number of hydrogen-bond donors (Lipinski definition) is 0. The highest BCUT2D eigenvalue weighted by atomic mass is 16.1. The lowest BCUT2D eigenvalue weighted by atomic mass is 9.34. The van der Waals surface area contributed by atoms with Crippen molar-refractivity contribution in [3.8, 4) is 0 Å². The summed E-state index contributed by atoms with van der Waals surface area (Å²) >= 11 is 0. The van der Waals surface area contributed by atoms with E-state index < -0.39 is 0 Å². The molecule has 4 aliphatic carbocycles. The SMILES string of the molecule is C[C@H]1C[C@@H]2[C@@]3(C)CCCC(C)(C)[C@@H]3CC[C@@]2(C)[C@@H]2CC=C(C=O)[C@H](C=O)[C@@]12C. The summed E-state index contributed by atoms with van der Waals surface area (Å²) in [7, 11) is 0. The maximum Gasteiger partial charge on any atom is 0.146 e. The van der Waals surface area contributed by atoms with E-state index in [9.17, 15) is 9.59 Å². The molecule has 0 bridgehead atoms. The van der Waals surface area contributed by atoms with Gasteiger partial charge in [0.15, 0.2) is 0 Å². The molecule has 156 valence electrons. The van der Waals surface area contributed by atoms with Crippen LogP contribution in [0.15, 0.2) is 11.6 Å². The molecule has 3 saturated carbocycles. The van der Waals surface area contributed by atoms with Crippen LogP contribution in [0.2, 0.25) is 0 Å². The first-order valence-electron chi connectivity index (χ1n) is 11.7. The van der Waals surface area contributed by atoms with Gasteiger partial charge in [0.25, 0.3) is 0 Å². The molecule has 4 aliphatic rings. The van der Waals surface area contributed by atoms with Crippen LogP contribution in [-0.2, 0) is 9.59 Å². The van der Waals surface area contributed by atoms with E-state index in [0.717, 1.165) is 36.4 Å². The molecule has 0 amide bonds. The first-order valence-corrected chi connectivity index (χ1v) is 11.7. The molecular formula is C26H40O2. The number of rotatable bonds is 2. The number of allylic oxidation sites excluding steroid dienone is 2. The lowest BCUT2D eigenvalue weighted by Crippen LogP contribution is -2.64. The largest absolute Gasteiger partial charge is 0.303 e. The normalized spacial score (nSPS) is 52.5.